The van der Waals surface area contributed by atoms with Crippen molar-refractivity contribution in [1.29, 1.82) is 0 Å². The van der Waals surface area contributed by atoms with Crippen LogP contribution in [-0.2, 0) is 13.2 Å². The van der Waals surface area contributed by atoms with Crippen LogP contribution in [0, 0.1) is 20.8 Å². The molecule has 0 aliphatic carbocycles. The maximum Gasteiger partial charge on any atom is 0.291 e. The summed E-state index contributed by atoms with van der Waals surface area (Å²) in [7, 11) is 0. The molecule has 1 aliphatic heterocycles. The van der Waals surface area contributed by atoms with Gasteiger partial charge in [0.15, 0.2) is 5.76 Å². The quantitative estimate of drug-likeness (QED) is 0.509. The lowest BCUT2D eigenvalue weighted by atomic mass is 10.1. The number of ether oxygens (including phenoxy) is 1. The Balaban J connectivity index is 1.34. The number of thioether (sulfide) groups is 1. The molecule has 168 valence electrons. The third-order valence-electron chi connectivity index (χ3n) is 5.63. The Morgan fingerprint density at radius 2 is 1.84 bits per heavy atom. The number of rotatable bonds is 7. The topological polar surface area (TPSA) is 54.7 Å². The molecule has 32 heavy (non-hydrogen) atoms. The Bertz CT molecular complexity index is 1090. The van der Waals surface area contributed by atoms with E-state index in [0.717, 1.165) is 42.2 Å². The summed E-state index contributed by atoms with van der Waals surface area (Å²) < 4.78 is 11.6. The minimum absolute atomic E-state index is 0.258. The summed E-state index contributed by atoms with van der Waals surface area (Å²) >= 11 is 2.02. The normalized spacial score (nSPS) is 14.3. The first-order valence-corrected chi connectivity index (χ1v) is 12.1. The van der Waals surface area contributed by atoms with Gasteiger partial charge in [-0.3, -0.25) is 9.69 Å². The largest absolute Gasteiger partial charge is 0.485 e. The van der Waals surface area contributed by atoms with Gasteiger partial charge in [0.25, 0.3) is 5.91 Å². The molecule has 1 aromatic heterocycles. The van der Waals surface area contributed by atoms with E-state index in [4.69, 9.17) is 9.15 Å². The summed E-state index contributed by atoms with van der Waals surface area (Å²) in [6.45, 7) is 9.60. The molecule has 0 bridgehead atoms. The van der Waals surface area contributed by atoms with Crippen molar-refractivity contribution >= 4 is 23.4 Å². The number of carbonyl (C=O) groups excluding carboxylic acids is 1. The van der Waals surface area contributed by atoms with Crippen LogP contribution in [0.1, 0.15) is 38.6 Å². The van der Waals surface area contributed by atoms with E-state index >= 15 is 0 Å². The summed E-state index contributed by atoms with van der Waals surface area (Å²) in [6, 6.07) is 15.8. The van der Waals surface area contributed by atoms with Crippen LogP contribution in [0.5, 0.6) is 5.75 Å². The summed E-state index contributed by atoms with van der Waals surface area (Å²) in [5, 5.41) is 2.97. The van der Waals surface area contributed by atoms with Crippen molar-refractivity contribution in [3.05, 3.63) is 82.3 Å². The number of amides is 1. The van der Waals surface area contributed by atoms with Gasteiger partial charge >= 0.3 is 0 Å². The molecule has 0 atom stereocenters. The number of hydrogen-bond donors (Lipinski definition) is 1. The minimum Gasteiger partial charge on any atom is -0.485 e. The van der Waals surface area contributed by atoms with Gasteiger partial charge in [-0.05, 0) is 61.7 Å². The van der Waals surface area contributed by atoms with Crippen molar-refractivity contribution in [2.45, 2.75) is 33.9 Å². The first kappa shape index (κ1) is 22.5. The van der Waals surface area contributed by atoms with E-state index in [1.165, 1.54) is 22.6 Å². The Morgan fingerprint density at radius 3 is 2.59 bits per heavy atom. The fourth-order valence-corrected chi connectivity index (χ4v) is 4.83. The highest BCUT2D eigenvalue weighted by molar-refractivity contribution is 7.99. The van der Waals surface area contributed by atoms with Gasteiger partial charge in [0.1, 0.15) is 18.1 Å². The van der Waals surface area contributed by atoms with Crippen molar-refractivity contribution in [3.8, 4) is 5.75 Å². The third kappa shape index (κ3) is 5.75. The Labute approximate surface area is 194 Å². The molecule has 0 saturated carbocycles. The maximum atomic E-state index is 12.7. The summed E-state index contributed by atoms with van der Waals surface area (Å²) in [6.07, 6.45) is 0. The van der Waals surface area contributed by atoms with Crippen molar-refractivity contribution in [2.24, 2.45) is 0 Å². The second-order valence-corrected chi connectivity index (χ2v) is 9.54. The Kier molecular flexibility index (Phi) is 7.22. The fourth-order valence-electron chi connectivity index (χ4n) is 3.85. The standard InChI is InChI=1S/C26H30N2O3S/c1-18-4-8-24(20(3)14-18)30-17-22-6-9-25(31-22)26(29)27-23-7-5-21(15-19(23)2)16-28-10-12-32-13-11-28/h4-9,14-15H,10-13,16-17H2,1-3H3,(H,27,29). The van der Waals surface area contributed by atoms with Crippen molar-refractivity contribution in [1.82, 2.24) is 4.90 Å². The smallest absolute Gasteiger partial charge is 0.291 e. The highest BCUT2D eigenvalue weighted by atomic mass is 32.2. The van der Waals surface area contributed by atoms with Crippen LogP contribution in [0.3, 0.4) is 0 Å². The summed E-state index contributed by atoms with van der Waals surface area (Å²) in [4.78, 5) is 15.2. The molecule has 1 saturated heterocycles. The molecule has 0 spiro atoms. The zero-order valence-electron chi connectivity index (χ0n) is 18.9. The van der Waals surface area contributed by atoms with Gasteiger partial charge in [0.2, 0.25) is 0 Å². The predicted molar refractivity (Wildman–Crippen MR) is 131 cm³/mol. The monoisotopic (exact) mass is 450 g/mol. The molecule has 0 radical (unpaired) electrons. The maximum absolute atomic E-state index is 12.7. The zero-order valence-corrected chi connectivity index (χ0v) is 19.8. The molecule has 1 N–H and O–H groups in total. The van der Waals surface area contributed by atoms with Gasteiger partial charge in [-0.2, -0.15) is 11.8 Å². The number of benzene rings is 2. The molecule has 2 heterocycles. The minimum atomic E-state index is -0.258. The highest BCUT2D eigenvalue weighted by Gasteiger charge is 2.15. The molecule has 4 rings (SSSR count). The first-order valence-electron chi connectivity index (χ1n) is 11.0. The molecular formula is C26H30N2O3S. The van der Waals surface area contributed by atoms with Gasteiger partial charge in [-0.25, -0.2) is 0 Å². The van der Waals surface area contributed by atoms with Crippen LogP contribution in [0.25, 0.3) is 0 Å². The van der Waals surface area contributed by atoms with Gasteiger partial charge in [-0.1, -0.05) is 29.8 Å². The number of nitrogens with one attached hydrogen (secondary N) is 1. The summed E-state index contributed by atoms with van der Waals surface area (Å²) in [5.41, 5.74) is 5.40. The molecule has 3 aromatic rings. The van der Waals surface area contributed by atoms with Gasteiger partial charge in [0.05, 0.1) is 0 Å². The first-order chi connectivity index (χ1) is 15.5. The van der Waals surface area contributed by atoms with Crippen LogP contribution < -0.4 is 10.1 Å². The van der Waals surface area contributed by atoms with Crippen LogP contribution in [0.15, 0.2) is 52.9 Å². The third-order valence-corrected chi connectivity index (χ3v) is 6.58. The lowest BCUT2D eigenvalue weighted by molar-refractivity contribution is 0.0992. The lowest BCUT2D eigenvalue weighted by Gasteiger charge is -2.26. The van der Waals surface area contributed by atoms with E-state index in [1.807, 2.05) is 43.8 Å². The summed E-state index contributed by atoms with van der Waals surface area (Å²) in [5.74, 6) is 3.85. The van der Waals surface area contributed by atoms with Crippen molar-refractivity contribution in [2.75, 3.05) is 29.9 Å². The van der Waals surface area contributed by atoms with Crippen LogP contribution >= 0.6 is 11.8 Å². The SMILES string of the molecule is Cc1ccc(OCc2ccc(C(=O)Nc3ccc(CN4CCSCC4)cc3C)o2)c(C)c1. The van der Waals surface area contributed by atoms with Crippen molar-refractivity contribution < 1.29 is 13.9 Å². The van der Waals surface area contributed by atoms with E-state index in [9.17, 15) is 4.79 Å². The Morgan fingerprint density at radius 1 is 1.03 bits per heavy atom. The molecule has 1 amide bonds. The molecule has 0 unspecified atom stereocenters. The highest BCUT2D eigenvalue weighted by Crippen LogP contribution is 2.22. The number of furan rings is 1. The predicted octanol–water partition coefficient (Wildman–Crippen LogP) is 5.58. The van der Waals surface area contributed by atoms with E-state index in [2.05, 4.69) is 35.3 Å². The van der Waals surface area contributed by atoms with Gasteiger partial charge < -0.3 is 14.5 Å². The van der Waals surface area contributed by atoms with Crippen LogP contribution in [-0.4, -0.2) is 35.4 Å². The number of nitrogens with zero attached hydrogens (tertiary/aromatic N) is 1. The van der Waals surface area contributed by atoms with E-state index in [-0.39, 0.29) is 18.3 Å². The van der Waals surface area contributed by atoms with Gasteiger partial charge in [0, 0.05) is 36.8 Å². The molecule has 2 aromatic carbocycles. The average molecular weight is 451 g/mol. The van der Waals surface area contributed by atoms with Gasteiger partial charge in [-0.15, -0.1) is 0 Å². The number of anilines is 1. The molecule has 1 aliphatic rings. The van der Waals surface area contributed by atoms with E-state index < -0.39 is 0 Å². The average Bonchev–Trinajstić information content (AvgIpc) is 3.25. The number of carbonyl (C=O) groups is 1. The second kappa shape index (κ2) is 10.3. The molecular weight excluding hydrogens is 420 g/mol. The fraction of sp³-hybridized carbons (Fsp3) is 0.346. The number of aryl methyl sites for hydroxylation is 3. The zero-order chi connectivity index (χ0) is 22.5. The van der Waals surface area contributed by atoms with E-state index in [1.54, 1.807) is 12.1 Å². The van der Waals surface area contributed by atoms with Crippen molar-refractivity contribution in [3.63, 3.8) is 0 Å². The Hall–Kier alpha value is -2.70. The lowest BCUT2D eigenvalue weighted by Crippen LogP contribution is -2.31. The van der Waals surface area contributed by atoms with Crippen LogP contribution in [0.4, 0.5) is 5.69 Å². The second-order valence-electron chi connectivity index (χ2n) is 8.32. The molecule has 5 nitrogen and oxygen atoms in total. The molecule has 1 fully saturated rings. The van der Waals surface area contributed by atoms with Crippen LogP contribution in [0.2, 0.25) is 0 Å². The number of hydrogen-bond acceptors (Lipinski definition) is 5. The molecule has 6 heteroatoms. The van der Waals surface area contributed by atoms with E-state index in [0.29, 0.717) is 5.76 Å².